The van der Waals surface area contributed by atoms with Crippen molar-refractivity contribution in [3.05, 3.63) is 64.2 Å². The molecule has 1 atom stereocenters. The third-order valence-electron chi connectivity index (χ3n) is 3.38. The molecule has 21 heavy (non-hydrogen) atoms. The minimum absolute atomic E-state index is 0.111. The summed E-state index contributed by atoms with van der Waals surface area (Å²) in [5.74, 6) is -0.326. The summed E-state index contributed by atoms with van der Waals surface area (Å²) in [6.07, 6.45) is 0. The lowest BCUT2D eigenvalue weighted by atomic mass is 10.1. The zero-order valence-corrected chi connectivity index (χ0v) is 12.7. The third-order valence-corrected chi connectivity index (χ3v) is 4.69. The molecule has 3 rings (SSSR count). The van der Waals surface area contributed by atoms with Crippen molar-refractivity contribution in [3.8, 4) is 0 Å². The van der Waals surface area contributed by atoms with Gasteiger partial charge in [-0.25, -0.2) is 4.39 Å². The number of rotatable bonds is 4. The molecule has 1 heterocycles. The highest BCUT2D eigenvalue weighted by molar-refractivity contribution is 7.17. The molecule has 0 fully saturated rings. The second-order valence-electron chi connectivity index (χ2n) is 4.74. The van der Waals surface area contributed by atoms with Crippen LogP contribution in [-0.4, -0.2) is 6.54 Å². The van der Waals surface area contributed by atoms with E-state index >= 15 is 0 Å². The van der Waals surface area contributed by atoms with Crippen LogP contribution in [0.2, 0.25) is 5.02 Å². The van der Waals surface area contributed by atoms with E-state index in [1.807, 2.05) is 12.1 Å². The molecule has 0 aliphatic rings. The molecule has 3 N–H and O–H groups in total. The molecule has 0 saturated carbocycles. The molecule has 0 saturated heterocycles. The topological polar surface area (TPSA) is 38.0 Å². The average Bonchev–Trinajstić information content (AvgIpc) is 2.92. The van der Waals surface area contributed by atoms with Gasteiger partial charge >= 0.3 is 0 Å². The second-order valence-corrected chi connectivity index (χ2v) is 6.06. The molecule has 2 aromatic carbocycles. The van der Waals surface area contributed by atoms with E-state index in [9.17, 15) is 4.39 Å². The molecule has 3 aromatic rings. The molecule has 0 spiro atoms. The van der Waals surface area contributed by atoms with Crippen LogP contribution in [0.15, 0.2) is 47.8 Å². The van der Waals surface area contributed by atoms with Gasteiger partial charge in [0.1, 0.15) is 5.82 Å². The van der Waals surface area contributed by atoms with E-state index in [4.69, 9.17) is 17.3 Å². The number of fused-ring (bicyclic) bond motifs is 1. The number of hydrogen-bond donors (Lipinski definition) is 2. The van der Waals surface area contributed by atoms with Crippen LogP contribution in [0, 0.1) is 5.82 Å². The first-order valence-corrected chi connectivity index (χ1v) is 7.82. The van der Waals surface area contributed by atoms with E-state index in [0.29, 0.717) is 17.3 Å². The van der Waals surface area contributed by atoms with E-state index in [-0.39, 0.29) is 11.9 Å². The van der Waals surface area contributed by atoms with Crippen LogP contribution in [0.5, 0.6) is 0 Å². The van der Waals surface area contributed by atoms with Crippen LogP contribution in [0.1, 0.15) is 11.6 Å². The van der Waals surface area contributed by atoms with Gasteiger partial charge in [-0.2, -0.15) is 0 Å². The maximum Gasteiger partial charge on any atom is 0.125 e. The molecular weight excluding hydrogens is 307 g/mol. The quantitative estimate of drug-likeness (QED) is 0.724. The normalized spacial score (nSPS) is 12.5. The van der Waals surface area contributed by atoms with Gasteiger partial charge in [-0.05, 0) is 40.6 Å². The Labute approximate surface area is 131 Å². The number of benzene rings is 2. The van der Waals surface area contributed by atoms with Gasteiger partial charge in [0.05, 0.1) is 16.8 Å². The molecule has 0 amide bonds. The van der Waals surface area contributed by atoms with Crippen LogP contribution < -0.4 is 11.1 Å². The maximum absolute atomic E-state index is 13.4. The van der Waals surface area contributed by atoms with Crippen molar-refractivity contribution in [1.29, 1.82) is 0 Å². The molecule has 2 nitrogen and oxygen atoms in total. The summed E-state index contributed by atoms with van der Waals surface area (Å²) in [5.41, 5.74) is 7.56. The smallest absolute Gasteiger partial charge is 0.125 e. The van der Waals surface area contributed by atoms with E-state index in [2.05, 4.69) is 22.8 Å². The van der Waals surface area contributed by atoms with E-state index in [1.165, 1.54) is 16.8 Å². The Bertz CT molecular complexity index is 772. The van der Waals surface area contributed by atoms with Gasteiger partial charge < -0.3 is 11.1 Å². The zero-order valence-electron chi connectivity index (χ0n) is 11.1. The van der Waals surface area contributed by atoms with Gasteiger partial charge in [0.15, 0.2) is 0 Å². The standard InChI is InChI=1S/C16H14ClFN2S/c17-13-6-5-10(18)7-14(13)20-15(8-19)12-9-21-16-4-2-1-3-11(12)16/h1-7,9,15,20H,8,19H2. The molecule has 1 unspecified atom stereocenters. The van der Waals surface area contributed by atoms with Crippen LogP contribution in [-0.2, 0) is 0 Å². The number of hydrogen-bond acceptors (Lipinski definition) is 3. The van der Waals surface area contributed by atoms with Crippen LogP contribution in [0.4, 0.5) is 10.1 Å². The predicted molar refractivity (Wildman–Crippen MR) is 88.7 cm³/mol. The average molecular weight is 321 g/mol. The Kier molecular flexibility index (Phi) is 4.10. The van der Waals surface area contributed by atoms with Crippen molar-refractivity contribution in [2.45, 2.75) is 6.04 Å². The van der Waals surface area contributed by atoms with Crippen molar-refractivity contribution >= 4 is 38.7 Å². The highest BCUT2D eigenvalue weighted by atomic mass is 35.5. The van der Waals surface area contributed by atoms with Gasteiger partial charge in [0, 0.05) is 11.2 Å². The molecule has 108 valence electrons. The lowest BCUT2D eigenvalue weighted by molar-refractivity contribution is 0.627. The second kappa shape index (κ2) is 6.02. The summed E-state index contributed by atoms with van der Waals surface area (Å²) in [7, 11) is 0. The molecule has 1 aromatic heterocycles. The molecule has 5 heteroatoms. The van der Waals surface area contributed by atoms with Crippen LogP contribution in [0.25, 0.3) is 10.1 Å². The molecule has 0 radical (unpaired) electrons. The number of nitrogens with two attached hydrogens (primary N) is 1. The minimum Gasteiger partial charge on any atom is -0.376 e. The Morgan fingerprint density at radius 1 is 1.24 bits per heavy atom. The van der Waals surface area contributed by atoms with E-state index in [0.717, 1.165) is 10.9 Å². The zero-order chi connectivity index (χ0) is 14.8. The highest BCUT2D eigenvalue weighted by Crippen LogP contribution is 2.33. The summed E-state index contributed by atoms with van der Waals surface area (Å²) in [5, 5.41) is 6.97. The first-order chi connectivity index (χ1) is 10.2. The summed E-state index contributed by atoms with van der Waals surface area (Å²) in [4.78, 5) is 0. The number of anilines is 1. The molecule has 0 aliphatic heterocycles. The Hall–Kier alpha value is -1.62. The SMILES string of the molecule is NCC(Nc1cc(F)ccc1Cl)c1csc2ccccc12. The fourth-order valence-electron chi connectivity index (χ4n) is 2.33. The summed E-state index contributed by atoms with van der Waals surface area (Å²) in [6.45, 7) is 0.396. The maximum atomic E-state index is 13.4. The predicted octanol–water partition coefficient (Wildman–Crippen LogP) is 4.81. The van der Waals surface area contributed by atoms with Gasteiger partial charge in [0.25, 0.3) is 0 Å². The molecule has 0 bridgehead atoms. The molecule has 0 aliphatic carbocycles. The van der Waals surface area contributed by atoms with Crippen molar-refractivity contribution in [1.82, 2.24) is 0 Å². The van der Waals surface area contributed by atoms with Gasteiger partial charge in [0.2, 0.25) is 0 Å². The Balaban J connectivity index is 1.97. The van der Waals surface area contributed by atoms with Gasteiger partial charge in [-0.15, -0.1) is 11.3 Å². The van der Waals surface area contributed by atoms with Crippen molar-refractivity contribution < 1.29 is 4.39 Å². The summed E-state index contributed by atoms with van der Waals surface area (Å²) in [6, 6.07) is 12.3. The van der Waals surface area contributed by atoms with Gasteiger partial charge in [-0.1, -0.05) is 29.8 Å². The fraction of sp³-hybridized carbons (Fsp3) is 0.125. The van der Waals surface area contributed by atoms with Crippen molar-refractivity contribution in [2.24, 2.45) is 5.73 Å². The summed E-state index contributed by atoms with van der Waals surface area (Å²) >= 11 is 7.78. The van der Waals surface area contributed by atoms with Crippen LogP contribution >= 0.6 is 22.9 Å². The Morgan fingerprint density at radius 3 is 2.86 bits per heavy atom. The Morgan fingerprint density at radius 2 is 2.05 bits per heavy atom. The summed E-state index contributed by atoms with van der Waals surface area (Å²) < 4.78 is 14.6. The lowest BCUT2D eigenvalue weighted by Gasteiger charge is -2.19. The fourth-order valence-corrected chi connectivity index (χ4v) is 3.51. The third kappa shape index (κ3) is 2.88. The largest absolute Gasteiger partial charge is 0.376 e. The minimum atomic E-state index is -0.326. The van der Waals surface area contributed by atoms with Crippen LogP contribution in [0.3, 0.4) is 0 Å². The number of thiophene rings is 1. The van der Waals surface area contributed by atoms with Gasteiger partial charge in [-0.3, -0.25) is 0 Å². The molecular formula is C16H14ClFN2S. The lowest BCUT2D eigenvalue weighted by Crippen LogP contribution is -2.20. The monoisotopic (exact) mass is 320 g/mol. The highest BCUT2D eigenvalue weighted by Gasteiger charge is 2.15. The number of nitrogens with one attached hydrogen (secondary N) is 1. The van der Waals surface area contributed by atoms with Crippen molar-refractivity contribution in [2.75, 3.05) is 11.9 Å². The van der Waals surface area contributed by atoms with E-state index < -0.39 is 0 Å². The van der Waals surface area contributed by atoms with Crippen molar-refractivity contribution in [3.63, 3.8) is 0 Å². The number of halogens is 2. The first kappa shape index (κ1) is 14.3. The first-order valence-electron chi connectivity index (χ1n) is 6.57. The van der Waals surface area contributed by atoms with E-state index in [1.54, 1.807) is 17.4 Å².